The van der Waals surface area contributed by atoms with E-state index in [-0.39, 0.29) is 11.8 Å². The molecule has 142 valence electrons. The van der Waals surface area contributed by atoms with Gasteiger partial charge in [-0.15, -0.1) is 0 Å². The minimum atomic E-state index is -0.402. The van der Waals surface area contributed by atoms with Crippen LogP contribution in [0.1, 0.15) is 66.1 Å². The Hall–Kier alpha value is -2.64. The van der Waals surface area contributed by atoms with Crippen molar-refractivity contribution in [1.82, 2.24) is 30.0 Å². The third-order valence-corrected chi connectivity index (χ3v) is 6.35. The van der Waals surface area contributed by atoms with Crippen LogP contribution in [0.2, 0.25) is 0 Å². The maximum absolute atomic E-state index is 12.9. The van der Waals surface area contributed by atoms with Crippen LogP contribution in [0, 0.1) is 0 Å². The number of imidazole rings is 1. The van der Waals surface area contributed by atoms with Gasteiger partial charge in [0.2, 0.25) is 5.91 Å². The Bertz CT molecular complexity index is 888. The highest BCUT2D eigenvalue weighted by molar-refractivity contribution is 5.92. The molecule has 2 aliphatic heterocycles. The van der Waals surface area contributed by atoms with Gasteiger partial charge in [0.05, 0.1) is 17.6 Å². The number of carbonyl (C=O) groups excluding carboxylic acids is 2. The van der Waals surface area contributed by atoms with Crippen LogP contribution in [0.5, 0.6) is 0 Å². The summed E-state index contributed by atoms with van der Waals surface area (Å²) in [6, 6.07) is 1.90. The molecule has 0 radical (unpaired) electrons. The van der Waals surface area contributed by atoms with Gasteiger partial charge in [0.25, 0.3) is 5.91 Å². The van der Waals surface area contributed by atoms with E-state index in [4.69, 9.17) is 0 Å². The van der Waals surface area contributed by atoms with E-state index in [9.17, 15) is 9.59 Å². The molecule has 0 aromatic carbocycles. The third kappa shape index (κ3) is 2.57. The van der Waals surface area contributed by atoms with Crippen LogP contribution in [0.3, 0.4) is 0 Å². The molecule has 1 spiro atoms. The van der Waals surface area contributed by atoms with E-state index in [0.29, 0.717) is 44.1 Å². The molecule has 0 bridgehead atoms. The van der Waals surface area contributed by atoms with E-state index in [1.807, 2.05) is 15.9 Å². The van der Waals surface area contributed by atoms with Crippen molar-refractivity contribution in [1.29, 1.82) is 0 Å². The van der Waals surface area contributed by atoms with Crippen molar-refractivity contribution >= 4 is 11.8 Å². The summed E-state index contributed by atoms with van der Waals surface area (Å²) in [4.78, 5) is 36.8. The molecule has 2 fully saturated rings. The number of amides is 2. The van der Waals surface area contributed by atoms with Gasteiger partial charge in [-0.1, -0.05) is 0 Å². The summed E-state index contributed by atoms with van der Waals surface area (Å²) >= 11 is 0. The Balaban J connectivity index is 1.36. The Morgan fingerprint density at radius 2 is 2.00 bits per heavy atom. The number of carbonyl (C=O) groups is 2. The van der Waals surface area contributed by atoms with E-state index in [0.717, 1.165) is 23.5 Å². The van der Waals surface area contributed by atoms with Crippen molar-refractivity contribution in [2.45, 2.75) is 50.5 Å². The number of piperidine rings is 1. The minimum Gasteiger partial charge on any atom is -0.348 e. The lowest BCUT2D eigenvalue weighted by molar-refractivity contribution is -0.139. The van der Waals surface area contributed by atoms with E-state index in [1.54, 1.807) is 13.3 Å². The first-order valence-corrected chi connectivity index (χ1v) is 9.74. The molecular weight excluding hydrogens is 344 g/mol. The smallest absolute Gasteiger partial charge is 0.274 e. The number of nitrogens with zero attached hydrogens (tertiary/aromatic N) is 4. The summed E-state index contributed by atoms with van der Waals surface area (Å²) in [5.41, 5.74) is 3.27. The number of aromatic nitrogens is 4. The number of likely N-dealkylation sites (tertiary alicyclic amines) is 1. The van der Waals surface area contributed by atoms with Gasteiger partial charge in [-0.05, 0) is 31.7 Å². The maximum atomic E-state index is 12.9. The number of hydrogen-bond donors (Lipinski definition) is 2. The molecule has 3 aliphatic rings. The van der Waals surface area contributed by atoms with E-state index >= 15 is 0 Å². The van der Waals surface area contributed by atoms with E-state index < -0.39 is 5.54 Å². The average molecular weight is 368 g/mol. The third-order valence-electron chi connectivity index (χ3n) is 6.35. The predicted octanol–water partition coefficient (Wildman–Crippen LogP) is 1.55. The molecule has 4 heterocycles. The average Bonchev–Trinajstić information content (AvgIpc) is 3.19. The summed E-state index contributed by atoms with van der Waals surface area (Å²) in [6.45, 7) is 3.52. The molecule has 1 saturated heterocycles. The molecule has 2 N–H and O–H groups in total. The second-order valence-electron chi connectivity index (χ2n) is 7.96. The lowest BCUT2D eigenvalue weighted by Gasteiger charge is -2.50. The number of nitrogens with one attached hydrogen (secondary N) is 2. The van der Waals surface area contributed by atoms with Crippen molar-refractivity contribution in [3.63, 3.8) is 0 Å². The van der Waals surface area contributed by atoms with Crippen molar-refractivity contribution < 1.29 is 9.59 Å². The van der Waals surface area contributed by atoms with Crippen LogP contribution < -0.4 is 0 Å². The van der Waals surface area contributed by atoms with Crippen LogP contribution in [-0.4, -0.2) is 61.4 Å². The summed E-state index contributed by atoms with van der Waals surface area (Å²) in [5.74, 6) is 0.596. The molecule has 1 aliphatic carbocycles. The molecule has 5 rings (SSSR count). The lowest BCUT2D eigenvalue weighted by atomic mass is 9.78. The molecule has 8 nitrogen and oxygen atoms in total. The largest absolute Gasteiger partial charge is 0.348 e. The summed E-state index contributed by atoms with van der Waals surface area (Å²) in [5, 5.41) is 7.24. The second-order valence-corrected chi connectivity index (χ2v) is 7.96. The van der Waals surface area contributed by atoms with Gasteiger partial charge in [0.15, 0.2) is 0 Å². The summed E-state index contributed by atoms with van der Waals surface area (Å²) < 4.78 is 0. The zero-order valence-electron chi connectivity index (χ0n) is 15.5. The van der Waals surface area contributed by atoms with Crippen LogP contribution >= 0.6 is 0 Å². The predicted molar refractivity (Wildman–Crippen MR) is 97.1 cm³/mol. The van der Waals surface area contributed by atoms with Crippen molar-refractivity contribution in [3.8, 4) is 0 Å². The molecule has 0 unspecified atom stereocenters. The van der Waals surface area contributed by atoms with Crippen molar-refractivity contribution in [3.05, 3.63) is 35.2 Å². The Morgan fingerprint density at radius 3 is 2.70 bits per heavy atom. The summed E-state index contributed by atoms with van der Waals surface area (Å²) in [7, 11) is 0. The van der Waals surface area contributed by atoms with Gasteiger partial charge in [-0.25, -0.2) is 4.98 Å². The van der Waals surface area contributed by atoms with Gasteiger partial charge in [0, 0.05) is 50.3 Å². The Labute approximate surface area is 157 Å². The fourth-order valence-electron chi connectivity index (χ4n) is 4.74. The van der Waals surface area contributed by atoms with Gasteiger partial charge >= 0.3 is 0 Å². The van der Waals surface area contributed by atoms with Crippen LogP contribution in [-0.2, 0) is 16.8 Å². The standard InChI is InChI=1S/C19H24N6O2/c1-12(26)25-7-4-14-17(21-11-20-14)19(25)5-8-24(9-6-19)18(27)16-10-15(22-23-16)13-2-3-13/h10-11,13H,2-9H2,1H3,(H,20,21)(H,22,23). The van der Waals surface area contributed by atoms with Gasteiger partial charge in [-0.2, -0.15) is 5.10 Å². The van der Waals surface area contributed by atoms with Gasteiger partial charge in [-0.3, -0.25) is 14.7 Å². The van der Waals surface area contributed by atoms with Gasteiger partial charge in [0.1, 0.15) is 5.69 Å². The highest BCUT2D eigenvalue weighted by Gasteiger charge is 2.48. The fraction of sp³-hybridized carbons (Fsp3) is 0.579. The van der Waals surface area contributed by atoms with Crippen molar-refractivity contribution in [2.24, 2.45) is 0 Å². The fourth-order valence-corrected chi connectivity index (χ4v) is 4.74. The monoisotopic (exact) mass is 368 g/mol. The van der Waals surface area contributed by atoms with Crippen LogP contribution in [0.25, 0.3) is 0 Å². The normalized spacial score (nSPS) is 21.4. The lowest BCUT2D eigenvalue weighted by Crippen LogP contribution is -2.58. The molecule has 2 aromatic heterocycles. The number of rotatable bonds is 2. The minimum absolute atomic E-state index is 0.0274. The van der Waals surface area contributed by atoms with Crippen molar-refractivity contribution in [2.75, 3.05) is 19.6 Å². The highest BCUT2D eigenvalue weighted by atomic mass is 16.2. The quantitative estimate of drug-likeness (QED) is 0.840. The van der Waals surface area contributed by atoms with Crippen LogP contribution in [0.4, 0.5) is 0 Å². The van der Waals surface area contributed by atoms with E-state index in [1.165, 1.54) is 12.8 Å². The van der Waals surface area contributed by atoms with Gasteiger partial charge < -0.3 is 14.8 Å². The number of hydrogen-bond acceptors (Lipinski definition) is 4. The summed E-state index contributed by atoms with van der Waals surface area (Å²) in [6.07, 6.45) is 6.28. The molecule has 0 atom stereocenters. The molecule has 1 saturated carbocycles. The first-order chi connectivity index (χ1) is 13.1. The zero-order valence-corrected chi connectivity index (χ0v) is 15.5. The molecule has 2 aromatic rings. The first kappa shape index (κ1) is 16.5. The SMILES string of the molecule is CC(=O)N1CCc2[nH]cnc2C12CCN(C(=O)c1cc(C3CC3)[nH]n1)CC2. The number of fused-ring (bicyclic) bond motifs is 2. The Kier molecular flexibility index (Phi) is 3.63. The molecule has 27 heavy (non-hydrogen) atoms. The molecular formula is C19H24N6O2. The first-order valence-electron chi connectivity index (χ1n) is 9.74. The second kappa shape index (κ2) is 5.94. The maximum Gasteiger partial charge on any atom is 0.274 e. The molecule has 8 heteroatoms. The Morgan fingerprint density at radius 1 is 1.22 bits per heavy atom. The molecule has 2 amide bonds. The van der Waals surface area contributed by atoms with Crippen LogP contribution in [0.15, 0.2) is 12.4 Å². The zero-order chi connectivity index (χ0) is 18.6. The number of H-pyrrole nitrogens is 2. The highest BCUT2D eigenvalue weighted by Crippen LogP contribution is 2.43. The van der Waals surface area contributed by atoms with E-state index in [2.05, 4.69) is 20.2 Å². The topological polar surface area (TPSA) is 98.0 Å². The number of aromatic amines is 2.